The van der Waals surface area contributed by atoms with Gasteiger partial charge in [0.1, 0.15) is 18.2 Å². The molecule has 1 fully saturated rings. The third-order valence-electron chi connectivity index (χ3n) is 5.78. The number of primary amides is 1. The van der Waals surface area contributed by atoms with Crippen LogP contribution in [0.5, 0.6) is 11.6 Å². The molecule has 2 aromatic heterocycles. The second-order valence-electron chi connectivity index (χ2n) is 7.92. The number of benzene rings is 1. The highest BCUT2D eigenvalue weighted by atomic mass is 16.5. The summed E-state index contributed by atoms with van der Waals surface area (Å²) >= 11 is 0. The lowest BCUT2D eigenvalue weighted by atomic mass is 10.1. The van der Waals surface area contributed by atoms with E-state index in [-0.39, 0.29) is 17.1 Å². The number of aryl methyl sites for hydroxylation is 2. The Morgan fingerprint density at radius 2 is 2.10 bits per heavy atom. The van der Waals surface area contributed by atoms with Gasteiger partial charge in [-0.05, 0) is 57.9 Å². The Morgan fingerprint density at radius 3 is 2.77 bits per heavy atom. The number of aromatic hydroxyl groups is 1. The first kappa shape index (κ1) is 20.0. The number of rotatable bonds is 5. The number of ether oxygens (including phenoxy) is 1. The van der Waals surface area contributed by atoms with Gasteiger partial charge in [-0.2, -0.15) is 4.98 Å². The van der Waals surface area contributed by atoms with Crippen molar-refractivity contribution in [1.82, 2.24) is 14.9 Å². The molecule has 1 aromatic carbocycles. The van der Waals surface area contributed by atoms with Gasteiger partial charge in [0.05, 0.1) is 11.3 Å². The molecule has 8 nitrogen and oxygen atoms in total. The molecule has 30 heavy (non-hydrogen) atoms. The molecule has 0 radical (unpaired) electrons. The smallest absolute Gasteiger partial charge is 0.253 e. The van der Waals surface area contributed by atoms with E-state index in [1.165, 1.54) is 0 Å². The molecular weight excluding hydrogens is 382 g/mol. The van der Waals surface area contributed by atoms with Crippen molar-refractivity contribution in [3.8, 4) is 17.3 Å². The van der Waals surface area contributed by atoms with Crippen LogP contribution in [0.1, 0.15) is 39.9 Å². The summed E-state index contributed by atoms with van der Waals surface area (Å²) in [4.78, 5) is 17.0. The van der Waals surface area contributed by atoms with Gasteiger partial charge in [0.25, 0.3) is 5.91 Å². The summed E-state index contributed by atoms with van der Waals surface area (Å²) in [7, 11) is 0. The monoisotopic (exact) mass is 409 g/mol. The molecule has 0 spiro atoms. The Hall–Kier alpha value is -3.26. The summed E-state index contributed by atoms with van der Waals surface area (Å²) in [6.45, 7) is 7.10. The van der Waals surface area contributed by atoms with Crippen LogP contribution in [0, 0.1) is 20.8 Å². The van der Waals surface area contributed by atoms with E-state index in [4.69, 9.17) is 21.2 Å². The van der Waals surface area contributed by atoms with Crippen LogP contribution in [0.3, 0.4) is 0 Å². The Morgan fingerprint density at radius 1 is 1.33 bits per heavy atom. The van der Waals surface area contributed by atoms with E-state index in [2.05, 4.69) is 5.32 Å². The highest BCUT2D eigenvalue weighted by Gasteiger charge is 2.25. The first-order chi connectivity index (χ1) is 14.3. The maximum absolute atomic E-state index is 12.2. The Bertz CT molecular complexity index is 1150. The first-order valence-electron chi connectivity index (χ1n) is 10.1. The lowest BCUT2D eigenvalue weighted by Gasteiger charge is -2.16. The van der Waals surface area contributed by atoms with Crippen LogP contribution in [0.15, 0.2) is 18.2 Å². The summed E-state index contributed by atoms with van der Waals surface area (Å²) < 4.78 is 7.70. The number of nitrogen functional groups attached to an aromatic ring is 1. The molecule has 0 aliphatic carbocycles. The first-order valence-corrected chi connectivity index (χ1v) is 10.1. The number of fused-ring (bicyclic) bond motifs is 1. The van der Waals surface area contributed by atoms with Crippen LogP contribution in [0.25, 0.3) is 16.7 Å². The molecule has 1 atom stereocenters. The average Bonchev–Trinajstić information content (AvgIpc) is 3.30. The minimum Gasteiger partial charge on any atom is -0.508 e. The van der Waals surface area contributed by atoms with Crippen LogP contribution in [-0.4, -0.2) is 39.8 Å². The lowest BCUT2D eigenvalue weighted by molar-refractivity contribution is 0.100. The highest BCUT2D eigenvalue weighted by Crippen LogP contribution is 2.37. The zero-order chi connectivity index (χ0) is 21.6. The molecule has 8 heteroatoms. The van der Waals surface area contributed by atoms with Gasteiger partial charge in [0.2, 0.25) is 5.88 Å². The fourth-order valence-electron chi connectivity index (χ4n) is 4.18. The molecule has 158 valence electrons. The molecule has 4 rings (SSSR count). The molecule has 1 amide bonds. The van der Waals surface area contributed by atoms with Crippen LogP contribution < -0.4 is 21.5 Å². The summed E-state index contributed by atoms with van der Waals surface area (Å²) in [5.74, 6) is 0.183. The number of carbonyl (C=O) groups is 1. The molecule has 6 N–H and O–H groups in total. The molecular formula is C22H27N5O3. The number of nitrogens with two attached hydrogens (primary N) is 2. The predicted octanol–water partition coefficient (Wildman–Crippen LogP) is 2.47. The maximum Gasteiger partial charge on any atom is 0.253 e. The van der Waals surface area contributed by atoms with Gasteiger partial charge >= 0.3 is 0 Å². The summed E-state index contributed by atoms with van der Waals surface area (Å²) in [6, 6.07) is 5.56. The summed E-state index contributed by atoms with van der Waals surface area (Å²) in [5, 5.41) is 14.2. The van der Waals surface area contributed by atoms with Gasteiger partial charge in [-0.25, -0.2) is 0 Å². The number of aromatic nitrogens is 2. The molecule has 1 aliphatic heterocycles. The second-order valence-corrected chi connectivity index (χ2v) is 7.92. The van der Waals surface area contributed by atoms with Crippen molar-refractivity contribution >= 4 is 22.8 Å². The van der Waals surface area contributed by atoms with E-state index < -0.39 is 5.91 Å². The van der Waals surface area contributed by atoms with Crippen molar-refractivity contribution in [2.45, 2.75) is 39.7 Å². The van der Waals surface area contributed by atoms with Crippen molar-refractivity contribution in [3.05, 3.63) is 40.5 Å². The number of anilines is 1. The van der Waals surface area contributed by atoms with Gasteiger partial charge in [-0.15, -0.1) is 0 Å². The molecule has 0 saturated carbocycles. The quantitative estimate of drug-likeness (QED) is 0.512. The van der Waals surface area contributed by atoms with Crippen LogP contribution in [-0.2, 0) is 0 Å². The minimum atomic E-state index is -0.628. The zero-order valence-electron chi connectivity index (χ0n) is 17.5. The van der Waals surface area contributed by atoms with E-state index in [0.29, 0.717) is 40.8 Å². The van der Waals surface area contributed by atoms with Crippen molar-refractivity contribution in [2.75, 3.05) is 18.9 Å². The topological polar surface area (TPSA) is 128 Å². The van der Waals surface area contributed by atoms with E-state index in [9.17, 15) is 9.90 Å². The van der Waals surface area contributed by atoms with Crippen molar-refractivity contribution in [1.29, 1.82) is 0 Å². The van der Waals surface area contributed by atoms with Gasteiger partial charge in [0, 0.05) is 22.6 Å². The number of carbonyl (C=O) groups excluding carboxylic acids is 1. The van der Waals surface area contributed by atoms with Crippen LogP contribution >= 0.6 is 0 Å². The molecule has 0 bridgehead atoms. The van der Waals surface area contributed by atoms with Gasteiger partial charge in [0.15, 0.2) is 5.65 Å². The van der Waals surface area contributed by atoms with E-state index in [1.807, 2.05) is 19.9 Å². The van der Waals surface area contributed by atoms with Crippen LogP contribution in [0.2, 0.25) is 0 Å². The van der Waals surface area contributed by atoms with E-state index in [1.54, 1.807) is 23.6 Å². The van der Waals surface area contributed by atoms with Gasteiger partial charge in [-0.1, -0.05) is 6.07 Å². The number of amides is 1. The molecule has 0 unspecified atom stereocenters. The largest absolute Gasteiger partial charge is 0.508 e. The number of hydrogen-bond acceptors (Lipinski definition) is 6. The third kappa shape index (κ3) is 3.23. The number of pyridine rings is 1. The van der Waals surface area contributed by atoms with Crippen molar-refractivity contribution in [2.24, 2.45) is 5.73 Å². The second kappa shape index (κ2) is 7.53. The van der Waals surface area contributed by atoms with Gasteiger partial charge in [-0.3, -0.25) is 9.36 Å². The predicted molar refractivity (Wildman–Crippen MR) is 116 cm³/mol. The Balaban J connectivity index is 1.93. The fourth-order valence-corrected chi connectivity index (χ4v) is 4.18. The zero-order valence-corrected chi connectivity index (χ0v) is 17.5. The molecule has 3 heterocycles. The maximum atomic E-state index is 12.2. The number of nitrogens with one attached hydrogen (secondary N) is 1. The van der Waals surface area contributed by atoms with Crippen molar-refractivity contribution < 1.29 is 14.6 Å². The highest BCUT2D eigenvalue weighted by molar-refractivity contribution is 6.11. The number of nitrogens with zero attached hydrogens (tertiary/aromatic N) is 2. The Kier molecular flexibility index (Phi) is 5.03. The third-order valence-corrected chi connectivity index (χ3v) is 5.78. The van der Waals surface area contributed by atoms with Gasteiger partial charge < -0.3 is 26.6 Å². The molecule has 1 aliphatic rings. The number of phenolic OH excluding ortho intramolecular Hbond substituents is 1. The molecule has 1 saturated heterocycles. The van der Waals surface area contributed by atoms with E-state index >= 15 is 0 Å². The van der Waals surface area contributed by atoms with Crippen LogP contribution in [0.4, 0.5) is 5.82 Å². The summed E-state index contributed by atoms with van der Waals surface area (Å²) in [6.07, 6.45) is 2.20. The average molecular weight is 409 g/mol. The lowest BCUT2D eigenvalue weighted by Crippen LogP contribution is -2.28. The number of phenols is 1. The van der Waals surface area contributed by atoms with Crippen molar-refractivity contribution in [3.63, 3.8) is 0 Å². The fraction of sp³-hybridized carbons (Fsp3) is 0.364. The Labute approximate surface area is 174 Å². The van der Waals surface area contributed by atoms with E-state index in [0.717, 1.165) is 30.5 Å². The summed E-state index contributed by atoms with van der Waals surface area (Å²) in [5.41, 5.74) is 15.7. The number of hydrogen-bond donors (Lipinski definition) is 4. The molecule has 3 aromatic rings. The normalized spacial score (nSPS) is 16.3. The minimum absolute atomic E-state index is 0.133. The standard InChI is InChI=1S/C22H27N5O3/c1-11-6-7-16(28)13(3)18(11)27-19(23)17(20(24)29)15-9-12(2)22(26-21(15)27)30-10-14-5-4-8-25-14/h6-7,9,14,25,28H,4-5,8,10,23H2,1-3H3,(H2,24,29)/t14-/m1/s1. The SMILES string of the molecule is Cc1cc2c(C(N)=O)c(N)n(-c3c(C)ccc(O)c3C)c2nc1OC[C@H]1CCCN1.